The second kappa shape index (κ2) is 5.54. The molecule has 1 aromatic carbocycles. The van der Waals surface area contributed by atoms with Crippen molar-refractivity contribution in [3.8, 4) is 0 Å². The summed E-state index contributed by atoms with van der Waals surface area (Å²) in [5.41, 5.74) is 4.14. The van der Waals surface area contributed by atoms with E-state index in [1.165, 1.54) is 29.5 Å². The van der Waals surface area contributed by atoms with E-state index in [-0.39, 0.29) is 0 Å². The molecule has 1 atom stereocenters. The first-order valence-electron chi connectivity index (χ1n) is 7.05. The third-order valence-electron chi connectivity index (χ3n) is 3.85. The maximum atomic E-state index is 4.05. The molecular weight excluding hydrogens is 232 g/mol. The van der Waals surface area contributed by atoms with Crippen molar-refractivity contribution in [1.29, 1.82) is 0 Å². The SMILES string of the molecule is C[C@H](NCc1ccc(C2CC2)cc1)c1ccncc1. The van der Waals surface area contributed by atoms with Gasteiger partial charge in [0.1, 0.15) is 0 Å². The van der Waals surface area contributed by atoms with Crippen LogP contribution in [-0.4, -0.2) is 4.98 Å². The van der Waals surface area contributed by atoms with Crippen LogP contribution in [0, 0.1) is 0 Å². The number of nitrogens with one attached hydrogen (secondary N) is 1. The molecule has 2 heteroatoms. The smallest absolute Gasteiger partial charge is 0.0296 e. The zero-order valence-corrected chi connectivity index (χ0v) is 11.3. The minimum atomic E-state index is 0.353. The van der Waals surface area contributed by atoms with E-state index in [4.69, 9.17) is 0 Å². The summed E-state index contributed by atoms with van der Waals surface area (Å²) in [6.45, 7) is 3.10. The second-order valence-electron chi connectivity index (χ2n) is 5.40. The predicted molar refractivity (Wildman–Crippen MR) is 77.9 cm³/mol. The van der Waals surface area contributed by atoms with Gasteiger partial charge in [-0.25, -0.2) is 0 Å². The molecule has 0 spiro atoms. The first-order chi connectivity index (χ1) is 9.33. The molecule has 1 saturated carbocycles. The Kier molecular flexibility index (Phi) is 3.60. The van der Waals surface area contributed by atoms with Gasteiger partial charge in [0.15, 0.2) is 0 Å². The fourth-order valence-corrected chi connectivity index (χ4v) is 2.37. The summed E-state index contributed by atoms with van der Waals surface area (Å²) < 4.78 is 0. The number of pyridine rings is 1. The normalized spacial score (nSPS) is 16.3. The topological polar surface area (TPSA) is 24.9 Å². The highest BCUT2D eigenvalue weighted by Crippen LogP contribution is 2.39. The van der Waals surface area contributed by atoms with Crippen LogP contribution in [0.25, 0.3) is 0 Å². The van der Waals surface area contributed by atoms with E-state index in [1.807, 2.05) is 12.4 Å². The molecule has 0 saturated heterocycles. The van der Waals surface area contributed by atoms with E-state index >= 15 is 0 Å². The summed E-state index contributed by atoms with van der Waals surface area (Å²) >= 11 is 0. The highest BCUT2D eigenvalue weighted by molar-refractivity contribution is 5.28. The number of aromatic nitrogens is 1. The Bertz CT molecular complexity index is 515. The average molecular weight is 252 g/mol. The van der Waals surface area contributed by atoms with E-state index in [0.717, 1.165) is 12.5 Å². The van der Waals surface area contributed by atoms with Gasteiger partial charge in [0.2, 0.25) is 0 Å². The fourth-order valence-electron chi connectivity index (χ4n) is 2.37. The van der Waals surface area contributed by atoms with Crippen LogP contribution < -0.4 is 5.32 Å². The molecule has 1 aliphatic rings. The first kappa shape index (κ1) is 12.4. The summed E-state index contributed by atoms with van der Waals surface area (Å²) in [5.74, 6) is 0.845. The van der Waals surface area contributed by atoms with E-state index in [2.05, 4.69) is 53.6 Å². The molecule has 2 aromatic rings. The molecular formula is C17H20N2. The molecule has 0 radical (unpaired) electrons. The first-order valence-corrected chi connectivity index (χ1v) is 7.05. The van der Waals surface area contributed by atoms with Gasteiger partial charge in [-0.15, -0.1) is 0 Å². The summed E-state index contributed by atoms with van der Waals surface area (Å²) in [4.78, 5) is 4.05. The van der Waals surface area contributed by atoms with Crippen LogP contribution >= 0.6 is 0 Å². The highest BCUT2D eigenvalue weighted by Gasteiger charge is 2.22. The fraction of sp³-hybridized carbons (Fsp3) is 0.353. The third kappa shape index (κ3) is 3.21. The van der Waals surface area contributed by atoms with Gasteiger partial charge in [0, 0.05) is 25.0 Å². The van der Waals surface area contributed by atoms with Gasteiger partial charge < -0.3 is 5.32 Å². The number of nitrogens with zero attached hydrogens (tertiary/aromatic N) is 1. The quantitative estimate of drug-likeness (QED) is 0.875. The lowest BCUT2D eigenvalue weighted by Crippen LogP contribution is -2.18. The van der Waals surface area contributed by atoms with Crippen molar-refractivity contribution in [3.63, 3.8) is 0 Å². The molecule has 1 aliphatic carbocycles. The van der Waals surface area contributed by atoms with Crippen molar-refractivity contribution in [2.45, 2.75) is 38.3 Å². The van der Waals surface area contributed by atoms with Gasteiger partial charge >= 0.3 is 0 Å². The number of rotatable bonds is 5. The van der Waals surface area contributed by atoms with Crippen LogP contribution in [0.1, 0.15) is 48.4 Å². The molecule has 0 aliphatic heterocycles. The van der Waals surface area contributed by atoms with Crippen molar-refractivity contribution in [1.82, 2.24) is 10.3 Å². The highest BCUT2D eigenvalue weighted by atomic mass is 14.9. The van der Waals surface area contributed by atoms with Gasteiger partial charge in [-0.1, -0.05) is 24.3 Å². The zero-order chi connectivity index (χ0) is 13.1. The van der Waals surface area contributed by atoms with Gasteiger partial charge in [-0.3, -0.25) is 4.98 Å². The standard InChI is InChI=1S/C17H20N2/c1-13(15-8-10-18-11-9-15)19-12-14-2-4-16(5-3-14)17-6-7-17/h2-5,8-11,13,17,19H,6-7,12H2,1H3/t13-/m0/s1. The monoisotopic (exact) mass is 252 g/mol. The number of benzene rings is 1. The van der Waals surface area contributed by atoms with Gasteiger partial charge in [-0.05, 0) is 54.5 Å². The van der Waals surface area contributed by atoms with Crippen LogP contribution in [-0.2, 0) is 6.54 Å². The molecule has 2 nitrogen and oxygen atoms in total. The Morgan fingerprint density at radius 2 is 1.79 bits per heavy atom. The van der Waals surface area contributed by atoms with Crippen molar-refractivity contribution in [2.75, 3.05) is 0 Å². The molecule has 0 bridgehead atoms. The summed E-state index contributed by atoms with van der Waals surface area (Å²) in [7, 11) is 0. The lowest BCUT2D eigenvalue weighted by atomic mass is 10.1. The van der Waals surface area contributed by atoms with E-state index in [1.54, 1.807) is 0 Å². The van der Waals surface area contributed by atoms with Crippen LogP contribution in [0.3, 0.4) is 0 Å². The molecule has 0 amide bonds. The predicted octanol–water partition coefficient (Wildman–Crippen LogP) is 3.81. The third-order valence-corrected chi connectivity index (χ3v) is 3.85. The van der Waals surface area contributed by atoms with Crippen molar-refractivity contribution < 1.29 is 0 Å². The van der Waals surface area contributed by atoms with Crippen LogP contribution in [0.2, 0.25) is 0 Å². The Hall–Kier alpha value is -1.67. The largest absolute Gasteiger partial charge is 0.306 e. The van der Waals surface area contributed by atoms with E-state index in [0.29, 0.717) is 6.04 Å². The minimum absolute atomic E-state index is 0.353. The van der Waals surface area contributed by atoms with Crippen molar-refractivity contribution in [3.05, 3.63) is 65.5 Å². The molecule has 1 N–H and O–H groups in total. The average Bonchev–Trinajstić information content (AvgIpc) is 3.31. The Morgan fingerprint density at radius 1 is 1.11 bits per heavy atom. The molecule has 1 heterocycles. The lowest BCUT2D eigenvalue weighted by molar-refractivity contribution is 0.574. The molecule has 19 heavy (non-hydrogen) atoms. The minimum Gasteiger partial charge on any atom is -0.306 e. The van der Waals surface area contributed by atoms with Gasteiger partial charge in [-0.2, -0.15) is 0 Å². The maximum Gasteiger partial charge on any atom is 0.0296 e. The summed E-state index contributed by atoms with van der Waals surface area (Å²) in [6, 6.07) is 13.5. The Balaban J connectivity index is 1.56. The second-order valence-corrected chi connectivity index (χ2v) is 5.40. The van der Waals surface area contributed by atoms with Crippen LogP contribution in [0.5, 0.6) is 0 Å². The van der Waals surface area contributed by atoms with E-state index in [9.17, 15) is 0 Å². The van der Waals surface area contributed by atoms with Gasteiger partial charge in [0.05, 0.1) is 0 Å². The number of hydrogen-bond acceptors (Lipinski definition) is 2. The van der Waals surface area contributed by atoms with Crippen LogP contribution in [0.15, 0.2) is 48.8 Å². The Morgan fingerprint density at radius 3 is 2.42 bits per heavy atom. The van der Waals surface area contributed by atoms with Crippen molar-refractivity contribution in [2.24, 2.45) is 0 Å². The summed E-state index contributed by atoms with van der Waals surface area (Å²) in [5, 5.41) is 3.55. The maximum absolute atomic E-state index is 4.05. The summed E-state index contributed by atoms with van der Waals surface area (Å²) in [6.07, 6.45) is 6.43. The molecule has 3 rings (SSSR count). The van der Waals surface area contributed by atoms with Crippen molar-refractivity contribution >= 4 is 0 Å². The lowest BCUT2D eigenvalue weighted by Gasteiger charge is -2.14. The Labute approximate surface area is 114 Å². The molecule has 98 valence electrons. The van der Waals surface area contributed by atoms with E-state index < -0.39 is 0 Å². The van der Waals surface area contributed by atoms with Crippen LogP contribution in [0.4, 0.5) is 0 Å². The molecule has 0 unspecified atom stereocenters. The molecule has 1 aromatic heterocycles. The van der Waals surface area contributed by atoms with Gasteiger partial charge in [0.25, 0.3) is 0 Å². The zero-order valence-electron chi connectivity index (χ0n) is 11.3. The number of hydrogen-bond donors (Lipinski definition) is 1. The molecule has 1 fully saturated rings.